The molecule has 0 aromatic carbocycles. The molecule has 0 atom stereocenters. The summed E-state index contributed by atoms with van der Waals surface area (Å²) >= 11 is 0. The van der Waals surface area contributed by atoms with Gasteiger partial charge in [-0.05, 0) is 0 Å². The predicted octanol–water partition coefficient (Wildman–Crippen LogP) is -2.12. The van der Waals surface area contributed by atoms with Crippen LogP contribution in [-0.4, -0.2) is 65.9 Å². The van der Waals surface area contributed by atoms with Crippen LogP contribution in [0.1, 0.15) is 0 Å². The molecule has 0 radical (unpaired) electrons. The average molecular weight is 244 g/mol. The van der Waals surface area contributed by atoms with Crippen molar-refractivity contribution in [2.75, 3.05) is 27.2 Å². The van der Waals surface area contributed by atoms with E-state index < -0.39 is 5.97 Å². The third kappa shape index (κ3) is 5.97. The van der Waals surface area contributed by atoms with Crippen LogP contribution in [-0.2, 0) is 9.59 Å². The third-order valence-electron chi connectivity index (χ3n) is 1.80. The highest BCUT2D eigenvalue weighted by Crippen LogP contribution is 1.89. The van der Waals surface area contributed by atoms with E-state index in [0.29, 0.717) is 6.54 Å². The summed E-state index contributed by atoms with van der Waals surface area (Å²) in [6, 6.07) is 0. The van der Waals surface area contributed by atoms with Crippen molar-refractivity contribution in [2.24, 2.45) is 5.73 Å². The summed E-state index contributed by atoms with van der Waals surface area (Å²) < 4.78 is 0. The van der Waals surface area contributed by atoms with Gasteiger partial charge in [0.1, 0.15) is 6.54 Å². The molecule has 0 aromatic rings. The van der Waals surface area contributed by atoms with E-state index in [-0.39, 0.29) is 24.4 Å². The van der Waals surface area contributed by atoms with E-state index in [0.717, 1.165) is 4.90 Å². The number of amides is 1. The van der Waals surface area contributed by atoms with Crippen LogP contribution in [0.3, 0.4) is 0 Å². The van der Waals surface area contributed by atoms with Crippen LogP contribution >= 0.6 is 0 Å². The van der Waals surface area contributed by atoms with E-state index in [1.54, 1.807) is 11.9 Å². The maximum atomic E-state index is 10.4. The molecule has 1 amide bonds. The molecule has 9 heteroatoms. The smallest absolute Gasteiger partial charge is 0.323 e. The Balaban J connectivity index is 0.000000302. The molecule has 0 saturated carbocycles. The molecule has 96 valence electrons. The minimum Gasteiger partial charge on any atom is -0.480 e. The van der Waals surface area contributed by atoms with E-state index in [2.05, 4.69) is 5.32 Å². The van der Waals surface area contributed by atoms with E-state index >= 15 is 0 Å². The number of carbonyl (C=O) groups excluding carboxylic acids is 1. The molecule has 1 saturated heterocycles. The number of rotatable bonds is 2. The summed E-state index contributed by atoms with van der Waals surface area (Å²) in [5, 5.41) is 24.2. The number of carboxylic acids is 1. The molecule has 1 rings (SSSR count). The minimum absolute atomic E-state index is 0.0995. The van der Waals surface area contributed by atoms with Gasteiger partial charge < -0.3 is 20.6 Å². The fourth-order valence-corrected chi connectivity index (χ4v) is 0.850. The minimum atomic E-state index is -0.993. The van der Waals surface area contributed by atoms with Crippen LogP contribution < -0.4 is 11.1 Å². The third-order valence-corrected chi connectivity index (χ3v) is 1.80. The molecule has 1 aliphatic heterocycles. The second-order valence-corrected chi connectivity index (χ2v) is 3.39. The Morgan fingerprint density at radius 2 is 2.24 bits per heavy atom. The van der Waals surface area contributed by atoms with Gasteiger partial charge in [0.25, 0.3) is 0 Å². The number of nitrogens with one attached hydrogen (secondary N) is 3. The second kappa shape index (κ2) is 6.30. The van der Waals surface area contributed by atoms with Crippen LogP contribution in [0.25, 0.3) is 0 Å². The predicted molar refractivity (Wildman–Crippen MR) is 60.7 cm³/mol. The van der Waals surface area contributed by atoms with Crippen molar-refractivity contribution in [3.63, 3.8) is 0 Å². The van der Waals surface area contributed by atoms with Crippen LogP contribution in [0.4, 0.5) is 0 Å². The van der Waals surface area contributed by atoms with Crippen LogP contribution in [0, 0.1) is 10.8 Å². The molecule has 0 aliphatic carbocycles. The summed E-state index contributed by atoms with van der Waals surface area (Å²) in [5.74, 6) is -1.14. The van der Waals surface area contributed by atoms with E-state index in [1.165, 1.54) is 7.05 Å². The van der Waals surface area contributed by atoms with Gasteiger partial charge in [-0.15, -0.1) is 0 Å². The summed E-state index contributed by atoms with van der Waals surface area (Å²) in [5.41, 5.74) is 4.93. The molecule has 1 fully saturated rings. The summed E-state index contributed by atoms with van der Waals surface area (Å²) in [6.07, 6.45) is 0. The standard InChI is InChI=1S/C4H9N3O2.C4H7N3O/c1-7(4(5)6)2-3(8)9;1-7-2-3(8)6-4(7)5/h2H2,1H3,(H3,5,6)(H,8,9);2H2,1H3,(H2,5,6,8). The van der Waals surface area contributed by atoms with Crippen molar-refractivity contribution in [3.05, 3.63) is 0 Å². The van der Waals surface area contributed by atoms with Crippen LogP contribution in [0.5, 0.6) is 0 Å². The van der Waals surface area contributed by atoms with Crippen molar-refractivity contribution in [3.8, 4) is 0 Å². The summed E-state index contributed by atoms with van der Waals surface area (Å²) in [6.45, 7) is 0.0914. The van der Waals surface area contributed by atoms with Gasteiger partial charge in [0.2, 0.25) is 5.91 Å². The normalized spacial score (nSPS) is 13.6. The summed E-state index contributed by atoms with van der Waals surface area (Å²) in [7, 11) is 3.14. The quantitative estimate of drug-likeness (QED) is 0.277. The molecule has 0 aromatic heterocycles. The molecule has 0 spiro atoms. The van der Waals surface area contributed by atoms with Gasteiger partial charge in [0.15, 0.2) is 11.9 Å². The highest BCUT2D eigenvalue weighted by atomic mass is 16.4. The zero-order chi connectivity index (χ0) is 13.6. The van der Waals surface area contributed by atoms with Crippen molar-refractivity contribution in [2.45, 2.75) is 0 Å². The van der Waals surface area contributed by atoms with Crippen LogP contribution in [0.2, 0.25) is 0 Å². The summed E-state index contributed by atoms with van der Waals surface area (Å²) in [4.78, 5) is 23.0. The Hall–Kier alpha value is -2.32. The average Bonchev–Trinajstić information content (AvgIpc) is 2.43. The SMILES string of the molecule is CN(CC(=O)O)C(=N)N.CN1CC(=O)NC1=N. The number of nitrogens with zero attached hydrogens (tertiary/aromatic N) is 2. The highest BCUT2D eigenvalue weighted by Gasteiger charge is 2.18. The first-order valence-electron chi connectivity index (χ1n) is 4.60. The number of carboxylic acid groups (broad SMARTS) is 1. The number of likely N-dealkylation sites (N-methyl/N-ethyl adjacent to an activating group) is 2. The maximum Gasteiger partial charge on any atom is 0.323 e. The molecule has 6 N–H and O–H groups in total. The van der Waals surface area contributed by atoms with Crippen molar-refractivity contribution < 1.29 is 14.7 Å². The lowest BCUT2D eigenvalue weighted by Gasteiger charge is -2.12. The Labute approximate surface area is 98.2 Å². The van der Waals surface area contributed by atoms with Gasteiger partial charge in [-0.25, -0.2) is 0 Å². The number of carbonyl (C=O) groups is 2. The first-order chi connectivity index (χ1) is 7.73. The first-order valence-corrected chi connectivity index (χ1v) is 4.60. The Morgan fingerprint density at radius 3 is 2.35 bits per heavy atom. The van der Waals surface area contributed by atoms with Crippen molar-refractivity contribution >= 4 is 23.8 Å². The lowest BCUT2D eigenvalue weighted by atomic mass is 10.6. The number of nitrogens with two attached hydrogens (primary N) is 1. The molecule has 0 unspecified atom stereocenters. The molecule has 1 heterocycles. The molecule has 9 nitrogen and oxygen atoms in total. The first kappa shape index (κ1) is 14.7. The van der Waals surface area contributed by atoms with Crippen LogP contribution in [0.15, 0.2) is 0 Å². The fourth-order valence-electron chi connectivity index (χ4n) is 0.850. The van der Waals surface area contributed by atoms with E-state index in [1.807, 2.05) is 0 Å². The van der Waals surface area contributed by atoms with E-state index in [9.17, 15) is 9.59 Å². The van der Waals surface area contributed by atoms with Gasteiger partial charge in [-0.2, -0.15) is 0 Å². The Kier molecular flexibility index (Phi) is 5.44. The van der Waals surface area contributed by atoms with Crippen molar-refractivity contribution in [1.29, 1.82) is 10.8 Å². The second-order valence-electron chi connectivity index (χ2n) is 3.39. The Morgan fingerprint density at radius 1 is 1.71 bits per heavy atom. The number of guanidine groups is 2. The lowest BCUT2D eigenvalue weighted by molar-refractivity contribution is -0.137. The zero-order valence-electron chi connectivity index (χ0n) is 9.65. The topological polar surface area (TPSA) is 147 Å². The van der Waals surface area contributed by atoms with Crippen molar-refractivity contribution in [1.82, 2.24) is 15.1 Å². The van der Waals surface area contributed by atoms with Gasteiger partial charge in [-0.3, -0.25) is 25.7 Å². The number of aliphatic carboxylic acids is 1. The maximum absolute atomic E-state index is 10.4. The number of hydrogen-bond donors (Lipinski definition) is 5. The monoisotopic (exact) mass is 244 g/mol. The molecule has 0 bridgehead atoms. The van der Waals surface area contributed by atoms with Gasteiger partial charge in [0.05, 0.1) is 6.54 Å². The number of hydrogen-bond acceptors (Lipinski definition) is 4. The molecule has 17 heavy (non-hydrogen) atoms. The van der Waals surface area contributed by atoms with Gasteiger partial charge in [0, 0.05) is 14.1 Å². The Bertz CT molecular complexity index is 342. The molecular formula is C8H16N6O3. The van der Waals surface area contributed by atoms with Gasteiger partial charge >= 0.3 is 5.97 Å². The zero-order valence-corrected chi connectivity index (χ0v) is 9.65. The fraction of sp³-hybridized carbons (Fsp3) is 0.500. The highest BCUT2D eigenvalue weighted by molar-refractivity contribution is 6.02. The van der Waals surface area contributed by atoms with E-state index in [4.69, 9.17) is 21.7 Å². The molecule has 1 aliphatic rings. The molecular weight excluding hydrogens is 228 g/mol. The lowest BCUT2D eigenvalue weighted by Crippen LogP contribution is -2.36. The largest absolute Gasteiger partial charge is 0.480 e. The van der Waals surface area contributed by atoms with Gasteiger partial charge in [-0.1, -0.05) is 0 Å².